The zero-order chi connectivity index (χ0) is 22.0. The van der Waals surface area contributed by atoms with Gasteiger partial charge in [-0.15, -0.1) is 0 Å². The molecule has 0 fully saturated rings. The SMILES string of the molecule is Cc1cccc(CNC(=O)c2cnn(-c3ccc(-c4nc(C(C)C)no4)cn3)c2C)c1. The zero-order valence-corrected chi connectivity index (χ0v) is 18.0. The van der Waals surface area contributed by atoms with Crippen molar-refractivity contribution < 1.29 is 9.32 Å². The molecule has 4 aromatic rings. The van der Waals surface area contributed by atoms with E-state index in [1.807, 2.05) is 58.0 Å². The molecule has 3 aromatic heterocycles. The molecule has 8 nitrogen and oxygen atoms in total. The molecule has 0 bridgehead atoms. The minimum Gasteiger partial charge on any atom is -0.348 e. The van der Waals surface area contributed by atoms with Crippen LogP contribution in [0.15, 0.2) is 53.3 Å². The summed E-state index contributed by atoms with van der Waals surface area (Å²) < 4.78 is 6.95. The smallest absolute Gasteiger partial charge is 0.259 e. The summed E-state index contributed by atoms with van der Waals surface area (Å²) in [5.74, 6) is 1.70. The van der Waals surface area contributed by atoms with Crippen molar-refractivity contribution in [2.75, 3.05) is 0 Å². The van der Waals surface area contributed by atoms with Gasteiger partial charge in [0.2, 0.25) is 0 Å². The first-order valence-corrected chi connectivity index (χ1v) is 10.1. The highest BCUT2D eigenvalue weighted by molar-refractivity contribution is 5.95. The number of pyridine rings is 1. The first-order valence-electron chi connectivity index (χ1n) is 10.1. The lowest BCUT2D eigenvalue weighted by atomic mass is 10.1. The van der Waals surface area contributed by atoms with Gasteiger partial charge >= 0.3 is 0 Å². The average Bonchev–Trinajstić information content (AvgIpc) is 3.40. The number of aryl methyl sites for hydroxylation is 1. The van der Waals surface area contributed by atoms with E-state index in [9.17, 15) is 4.79 Å². The lowest BCUT2D eigenvalue weighted by molar-refractivity contribution is 0.0950. The summed E-state index contributed by atoms with van der Waals surface area (Å²) in [4.78, 5) is 21.5. The maximum atomic E-state index is 12.7. The van der Waals surface area contributed by atoms with Crippen LogP contribution in [0, 0.1) is 13.8 Å². The fourth-order valence-corrected chi connectivity index (χ4v) is 3.19. The Morgan fingerprint density at radius 3 is 2.68 bits per heavy atom. The van der Waals surface area contributed by atoms with Gasteiger partial charge in [-0.1, -0.05) is 48.8 Å². The van der Waals surface area contributed by atoms with Crippen LogP contribution >= 0.6 is 0 Å². The van der Waals surface area contributed by atoms with Crippen LogP contribution in [0.25, 0.3) is 17.3 Å². The molecule has 0 saturated carbocycles. The third-order valence-corrected chi connectivity index (χ3v) is 4.96. The van der Waals surface area contributed by atoms with Gasteiger partial charge in [-0.25, -0.2) is 9.67 Å². The van der Waals surface area contributed by atoms with Gasteiger partial charge in [0.15, 0.2) is 11.6 Å². The van der Waals surface area contributed by atoms with E-state index in [-0.39, 0.29) is 11.8 Å². The van der Waals surface area contributed by atoms with E-state index in [2.05, 4.69) is 31.6 Å². The summed E-state index contributed by atoms with van der Waals surface area (Å²) >= 11 is 0. The van der Waals surface area contributed by atoms with Crippen molar-refractivity contribution in [2.24, 2.45) is 0 Å². The van der Waals surface area contributed by atoms with Crippen LogP contribution in [0.2, 0.25) is 0 Å². The normalized spacial score (nSPS) is 11.1. The molecule has 0 aliphatic heterocycles. The number of hydrogen-bond acceptors (Lipinski definition) is 6. The van der Waals surface area contributed by atoms with Gasteiger partial charge in [-0.05, 0) is 31.5 Å². The molecule has 0 saturated heterocycles. The molecule has 1 amide bonds. The molecule has 158 valence electrons. The van der Waals surface area contributed by atoms with E-state index < -0.39 is 0 Å². The minimum atomic E-state index is -0.172. The van der Waals surface area contributed by atoms with E-state index in [0.717, 1.165) is 16.7 Å². The van der Waals surface area contributed by atoms with Crippen LogP contribution in [-0.4, -0.2) is 30.8 Å². The highest BCUT2D eigenvalue weighted by Gasteiger charge is 2.17. The monoisotopic (exact) mass is 416 g/mol. The van der Waals surface area contributed by atoms with E-state index in [1.165, 1.54) is 0 Å². The van der Waals surface area contributed by atoms with Gasteiger partial charge in [0.25, 0.3) is 11.8 Å². The maximum Gasteiger partial charge on any atom is 0.259 e. The molecule has 0 atom stereocenters. The Hall–Kier alpha value is -3.81. The molecule has 0 aliphatic carbocycles. The second kappa shape index (κ2) is 8.51. The highest BCUT2D eigenvalue weighted by Crippen LogP contribution is 2.21. The summed E-state index contributed by atoms with van der Waals surface area (Å²) in [6.45, 7) is 8.34. The highest BCUT2D eigenvalue weighted by atomic mass is 16.5. The molecule has 8 heteroatoms. The lowest BCUT2D eigenvalue weighted by Gasteiger charge is -2.07. The fraction of sp³-hybridized carbons (Fsp3) is 0.261. The molecule has 3 heterocycles. The van der Waals surface area contributed by atoms with Crippen molar-refractivity contribution >= 4 is 5.91 Å². The van der Waals surface area contributed by atoms with Gasteiger partial charge in [-0.3, -0.25) is 4.79 Å². The summed E-state index contributed by atoms with van der Waals surface area (Å²) in [5, 5.41) is 11.3. The Bertz CT molecular complexity index is 1210. The topological polar surface area (TPSA) is 98.7 Å². The number of nitrogens with zero attached hydrogens (tertiary/aromatic N) is 5. The Labute approximate surface area is 180 Å². The van der Waals surface area contributed by atoms with Crippen molar-refractivity contribution in [1.29, 1.82) is 0 Å². The van der Waals surface area contributed by atoms with Gasteiger partial charge in [-0.2, -0.15) is 10.1 Å². The maximum absolute atomic E-state index is 12.7. The molecule has 0 radical (unpaired) electrons. The number of hydrogen-bond donors (Lipinski definition) is 1. The first-order chi connectivity index (χ1) is 14.9. The van der Waals surface area contributed by atoms with Crippen molar-refractivity contribution in [3.63, 3.8) is 0 Å². The average molecular weight is 416 g/mol. The summed E-state index contributed by atoms with van der Waals surface area (Å²) in [6.07, 6.45) is 3.22. The van der Waals surface area contributed by atoms with Crippen LogP contribution in [0.5, 0.6) is 0 Å². The van der Waals surface area contributed by atoms with Crippen LogP contribution in [0.1, 0.15) is 52.8 Å². The van der Waals surface area contributed by atoms with Crippen molar-refractivity contribution in [1.82, 2.24) is 30.2 Å². The molecule has 0 unspecified atom stereocenters. The molecular weight excluding hydrogens is 392 g/mol. The largest absolute Gasteiger partial charge is 0.348 e. The second-order valence-electron chi connectivity index (χ2n) is 7.74. The van der Waals surface area contributed by atoms with Crippen molar-refractivity contribution in [3.8, 4) is 17.3 Å². The van der Waals surface area contributed by atoms with E-state index >= 15 is 0 Å². The molecule has 1 aromatic carbocycles. The number of carbonyl (C=O) groups is 1. The third-order valence-electron chi connectivity index (χ3n) is 4.96. The Kier molecular flexibility index (Phi) is 5.62. The lowest BCUT2D eigenvalue weighted by Crippen LogP contribution is -2.23. The predicted octanol–water partition coefficient (Wildman–Crippen LogP) is 3.99. The van der Waals surface area contributed by atoms with Gasteiger partial charge in [0.1, 0.15) is 0 Å². The fourth-order valence-electron chi connectivity index (χ4n) is 3.19. The van der Waals surface area contributed by atoms with Crippen LogP contribution < -0.4 is 5.32 Å². The third kappa shape index (κ3) is 4.37. The van der Waals surface area contributed by atoms with Crippen LogP contribution in [-0.2, 0) is 6.54 Å². The van der Waals surface area contributed by atoms with Gasteiger partial charge in [0.05, 0.1) is 23.0 Å². The van der Waals surface area contributed by atoms with Crippen LogP contribution in [0.3, 0.4) is 0 Å². The summed E-state index contributed by atoms with van der Waals surface area (Å²) in [6, 6.07) is 11.7. The van der Waals surface area contributed by atoms with Gasteiger partial charge in [0, 0.05) is 18.7 Å². The molecule has 1 N–H and O–H groups in total. The van der Waals surface area contributed by atoms with E-state index in [1.54, 1.807) is 17.1 Å². The second-order valence-corrected chi connectivity index (χ2v) is 7.74. The number of benzene rings is 1. The quantitative estimate of drug-likeness (QED) is 0.510. The summed E-state index contributed by atoms with van der Waals surface area (Å²) in [5.41, 5.74) is 4.16. The number of amides is 1. The standard InChI is InChI=1S/C23H24N6O2/c1-14(2)21-27-23(31-28-21)18-8-9-20(24-12-18)29-16(4)19(13-26-29)22(30)25-11-17-7-5-6-15(3)10-17/h5-10,12-14H,11H2,1-4H3,(H,25,30). The Morgan fingerprint density at radius 2 is 2.00 bits per heavy atom. The summed E-state index contributed by atoms with van der Waals surface area (Å²) in [7, 11) is 0. The van der Waals surface area contributed by atoms with Gasteiger partial charge < -0.3 is 9.84 Å². The minimum absolute atomic E-state index is 0.172. The number of rotatable bonds is 6. The first kappa shape index (κ1) is 20.5. The molecule has 4 rings (SSSR count). The molecular formula is C23H24N6O2. The van der Waals surface area contributed by atoms with E-state index in [4.69, 9.17) is 4.52 Å². The predicted molar refractivity (Wildman–Crippen MR) is 116 cm³/mol. The van der Waals surface area contributed by atoms with Crippen molar-refractivity contribution in [2.45, 2.75) is 40.2 Å². The van der Waals surface area contributed by atoms with E-state index in [0.29, 0.717) is 35.3 Å². The Morgan fingerprint density at radius 1 is 1.16 bits per heavy atom. The molecule has 0 spiro atoms. The van der Waals surface area contributed by atoms with Crippen LogP contribution in [0.4, 0.5) is 0 Å². The molecule has 31 heavy (non-hydrogen) atoms. The number of nitrogens with one attached hydrogen (secondary N) is 1. The number of aromatic nitrogens is 5. The zero-order valence-electron chi connectivity index (χ0n) is 18.0. The number of carbonyl (C=O) groups excluding carboxylic acids is 1. The van der Waals surface area contributed by atoms with Crippen molar-refractivity contribution in [3.05, 3.63) is 77.0 Å². The molecule has 0 aliphatic rings. The Balaban J connectivity index is 1.48.